The van der Waals surface area contributed by atoms with E-state index in [4.69, 9.17) is 0 Å². The first kappa shape index (κ1) is 15.6. The van der Waals surface area contributed by atoms with Crippen molar-refractivity contribution in [3.05, 3.63) is 52.3 Å². The summed E-state index contributed by atoms with van der Waals surface area (Å²) in [6.45, 7) is 1.28. The first-order valence-corrected chi connectivity index (χ1v) is 6.73. The number of amides is 1. The summed E-state index contributed by atoms with van der Waals surface area (Å²) >= 11 is 0. The summed E-state index contributed by atoms with van der Waals surface area (Å²) in [7, 11) is 3.53. The molecule has 0 aliphatic rings. The largest absolute Gasteiger partial charge is 0.339 e. The monoisotopic (exact) mass is 303 g/mol. The highest BCUT2D eigenvalue weighted by Crippen LogP contribution is 2.15. The molecular formula is C14H17N5O3. The van der Waals surface area contributed by atoms with Gasteiger partial charge in [-0.05, 0) is 25.2 Å². The number of nitrogens with zero attached hydrogens (tertiary/aromatic N) is 4. The average molecular weight is 303 g/mol. The van der Waals surface area contributed by atoms with E-state index in [2.05, 4.69) is 10.4 Å². The van der Waals surface area contributed by atoms with Crippen LogP contribution in [0.4, 0.5) is 5.69 Å². The number of benzene rings is 1. The molecule has 8 heteroatoms. The molecule has 0 spiro atoms. The van der Waals surface area contributed by atoms with Crippen molar-refractivity contribution in [2.45, 2.75) is 0 Å². The Morgan fingerprint density at radius 1 is 1.36 bits per heavy atom. The molecule has 1 heterocycles. The second kappa shape index (κ2) is 6.81. The van der Waals surface area contributed by atoms with Gasteiger partial charge < -0.3 is 10.2 Å². The number of hydrogen-bond acceptors (Lipinski definition) is 5. The van der Waals surface area contributed by atoms with E-state index >= 15 is 0 Å². The third-order valence-corrected chi connectivity index (χ3v) is 3.18. The molecule has 2 aromatic rings. The second-order valence-corrected chi connectivity index (χ2v) is 4.75. The molecule has 0 bridgehead atoms. The van der Waals surface area contributed by atoms with E-state index < -0.39 is 4.92 Å². The minimum Gasteiger partial charge on any atom is -0.339 e. The van der Waals surface area contributed by atoms with Crippen molar-refractivity contribution >= 4 is 11.6 Å². The van der Waals surface area contributed by atoms with Crippen LogP contribution in [0.2, 0.25) is 0 Å². The zero-order valence-corrected chi connectivity index (χ0v) is 12.4. The standard InChI is InChI=1S/C14H17N5O3/c1-15-8-10-17(2)14(20)13-7-9-18(16-13)11-3-5-12(6-4-11)19(21)22/h3-7,9,15H,8,10H2,1-2H3. The number of nitro groups is 1. The van der Waals surface area contributed by atoms with Gasteiger partial charge in [-0.2, -0.15) is 5.10 Å². The van der Waals surface area contributed by atoms with Gasteiger partial charge in [0.05, 0.1) is 10.6 Å². The number of nitro benzene ring substituents is 1. The maximum Gasteiger partial charge on any atom is 0.274 e. The summed E-state index contributed by atoms with van der Waals surface area (Å²) in [5, 5.41) is 17.8. The maximum absolute atomic E-state index is 12.2. The van der Waals surface area contributed by atoms with Crippen LogP contribution in [0.1, 0.15) is 10.5 Å². The summed E-state index contributed by atoms with van der Waals surface area (Å²) in [6, 6.07) is 7.60. The molecule has 1 aromatic heterocycles. The zero-order valence-electron chi connectivity index (χ0n) is 12.4. The Kier molecular flexibility index (Phi) is 4.84. The number of carbonyl (C=O) groups excluding carboxylic acids is 1. The molecule has 0 fully saturated rings. The van der Waals surface area contributed by atoms with Gasteiger partial charge in [-0.15, -0.1) is 0 Å². The number of carbonyl (C=O) groups is 1. The van der Waals surface area contributed by atoms with Crippen LogP contribution >= 0.6 is 0 Å². The van der Waals surface area contributed by atoms with Crippen molar-refractivity contribution in [2.24, 2.45) is 0 Å². The Hall–Kier alpha value is -2.74. The van der Waals surface area contributed by atoms with Crippen LogP contribution in [-0.2, 0) is 0 Å². The quantitative estimate of drug-likeness (QED) is 0.636. The third-order valence-electron chi connectivity index (χ3n) is 3.18. The van der Waals surface area contributed by atoms with Crippen LogP contribution in [0.5, 0.6) is 0 Å². The number of hydrogen-bond donors (Lipinski definition) is 1. The fourth-order valence-corrected chi connectivity index (χ4v) is 1.89. The van der Waals surface area contributed by atoms with E-state index in [1.807, 2.05) is 7.05 Å². The van der Waals surface area contributed by atoms with Gasteiger partial charge in [0.15, 0.2) is 5.69 Å². The molecular weight excluding hydrogens is 286 g/mol. The number of likely N-dealkylation sites (N-methyl/N-ethyl adjacent to an activating group) is 2. The maximum atomic E-state index is 12.2. The Balaban J connectivity index is 2.13. The average Bonchev–Trinajstić information content (AvgIpc) is 3.01. The molecule has 1 aromatic carbocycles. The minimum absolute atomic E-state index is 0.0130. The Bertz CT molecular complexity index is 665. The highest BCUT2D eigenvalue weighted by Gasteiger charge is 2.15. The number of nitrogens with one attached hydrogen (secondary N) is 1. The lowest BCUT2D eigenvalue weighted by Gasteiger charge is -2.15. The van der Waals surface area contributed by atoms with Crippen LogP contribution in [0.3, 0.4) is 0 Å². The van der Waals surface area contributed by atoms with Gasteiger partial charge in [-0.25, -0.2) is 4.68 Å². The topological polar surface area (TPSA) is 93.3 Å². The van der Waals surface area contributed by atoms with Crippen LogP contribution in [0.25, 0.3) is 5.69 Å². The van der Waals surface area contributed by atoms with Crippen molar-refractivity contribution in [1.29, 1.82) is 0 Å². The summed E-state index contributed by atoms with van der Waals surface area (Å²) < 4.78 is 1.52. The van der Waals surface area contributed by atoms with Gasteiger partial charge in [-0.1, -0.05) is 0 Å². The van der Waals surface area contributed by atoms with E-state index in [0.717, 1.165) is 0 Å². The molecule has 2 rings (SSSR count). The first-order chi connectivity index (χ1) is 10.5. The lowest BCUT2D eigenvalue weighted by Crippen LogP contribution is -2.33. The zero-order chi connectivity index (χ0) is 16.1. The SMILES string of the molecule is CNCCN(C)C(=O)c1ccn(-c2ccc([N+](=O)[O-])cc2)n1. The highest BCUT2D eigenvalue weighted by atomic mass is 16.6. The van der Waals surface area contributed by atoms with Gasteiger partial charge >= 0.3 is 0 Å². The highest BCUT2D eigenvalue weighted by molar-refractivity contribution is 5.92. The molecule has 1 N–H and O–H groups in total. The number of rotatable bonds is 6. The van der Waals surface area contributed by atoms with Crippen LogP contribution in [-0.4, -0.2) is 52.7 Å². The van der Waals surface area contributed by atoms with Crippen LogP contribution in [0.15, 0.2) is 36.5 Å². The van der Waals surface area contributed by atoms with E-state index in [1.54, 1.807) is 36.3 Å². The lowest BCUT2D eigenvalue weighted by atomic mass is 10.3. The van der Waals surface area contributed by atoms with Gasteiger partial charge in [0.1, 0.15) is 0 Å². The van der Waals surface area contributed by atoms with Gasteiger partial charge in [-0.3, -0.25) is 14.9 Å². The summed E-state index contributed by atoms with van der Waals surface area (Å²) in [6.07, 6.45) is 1.65. The fourth-order valence-electron chi connectivity index (χ4n) is 1.89. The Morgan fingerprint density at radius 3 is 2.64 bits per heavy atom. The van der Waals surface area contributed by atoms with Gasteiger partial charge in [0.25, 0.3) is 11.6 Å². The van der Waals surface area contributed by atoms with Crippen molar-refractivity contribution < 1.29 is 9.72 Å². The molecule has 0 unspecified atom stereocenters. The van der Waals surface area contributed by atoms with Crippen LogP contribution < -0.4 is 5.32 Å². The molecule has 22 heavy (non-hydrogen) atoms. The predicted octanol–water partition coefficient (Wildman–Crippen LogP) is 1.07. The van der Waals surface area contributed by atoms with Gasteiger partial charge in [0.2, 0.25) is 0 Å². The molecule has 0 aliphatic heterocycles. The summed E-state index contributed by atoms with van der Waals surface area (Å²) in [5.41, 5.74) is 0.999. The predicted molar refractivity (Wildman–Crippen MR) is 81.1 cm³/mol. The van der Waals surface area contributed by atoms with E-state index in [-0.39, 0.29) is 11.6 Å². The van der Waals surface area contributed by atoms with E-state index in [0.29, 0.717) is 24.5 Å². The van der Waals surface area contributed by atoms with E-state index in [1.165, 1.54) is 16.8 Å². The number of non-ortho nitro benzene ring substituents is 1. The first-order valence-electron chi connectivity index (χ1n) is 6.73. The van der Waals surface area contributed by atoms with Crippen molar-refractivity contribution in [3.63, 3.8) is 0 Å². The molecule has 8 nitrogen and oxygen atoms in total. The van der Waals surface area contributed by atoms with E-state index in [9.17, 15) is 14.9 Å². The minimum atomic E-state index is -0.460. The molecule has 0 radical (unpaired) electrons. The second-order valence-electron chi connectivity index (χ2n) is 4.75. The third kappa shape index (κ3) is 3.47. The van der Waals surface area contributed by atoms with Crippen molar-refractivity contribution in [3.8, 4) is 5.69 Å². The van der Waals surface area contributed by atoms with Crippen molar-refractivity contribution in [2.75, 3.05) is 27.2 Å². The Morgan fingerprint density at radius 2 is 2.05 bits per heavy atom. The molecule has 0 saturated heterocycles. The summed E-state index contributed by atoms with van der Waals surface area (Å²) in [5.74, 6) is -0.170. The fraction of sp³-hybridized carbons (Fsp3) is 0.286. The van der Waals surface area contributed by atoms with Crippen molar-refractivity contribution in [1.82, 2.24) is 20.0 Å². The van der Waals surface area contributed by atoms with Gasteiger partial charge in [0, 0.05) is 38.5 Å². The molecule has 1 amide bonds. The summed E-state index contributed by atoms with van der Waals surface area (Å²) in [4.78, 5) is 23.9. The number of aromatic nitrogens is 2. The smallest absolute Gasteiger partial charge is 0.274 e. The molecule has 116 valence electrons. The molecule has 0 saturated carbocycles. The normalized spacial score (nSPS) is 10.5. The lowest BCUT2D eigenvalue weighted by molar-refractivity contribution is -0.384. The molecule has 0 aliphatic carbocycles. The Labute approximate surface area is 127 Å². The van der Waals surface area contributed by atoms with Crippen LogP contribution in [0, 0.1) is 10.1 Å². The molecule has 0 atom stereocenters.